The Labute approximate surface area is 311 Å². The summed E-state index contributed by atoms with van der Waals surface area (Å²) in [6.45, 7) is 6.66. The molecule has 0 radical (unpaired) electrons. The van der Waals surface area contributed by atoms with Crippen molar-refractivity contribution < 1.29 is 4.74 Å². The van der Waals surface area contributed by atoms with Gasteiger partial charge in [-0.3, -0.25) is 13.5 Å². The Bertz CT molecular complexity index is 3150. The minimum atomic E-state index is -0.0472. The van der Waals surface area contributed by atoms with E-state index in [0.717, 1.165) is 72.3 Å². The van der Waals surface area contributed by atoms with Crippen molar-refractivity contribution in [2.75, 3.05) is 0 Å². The van der Waals surface area contributed by atoms with Gasteiger partial charge in [0, 0.05) is 29.1 Å². The van der Waals surface area contributed by atoms with Crippen LogP contribution >= 0.6 is 0 Å². The SMILES string of the molecule is CC(C)(C)c1ccnc(-n2c3ccc(-c4cccc(C#N)c4)cc3c3ccc(Oc4cccc(-n5c6ccccc6n6c7ccccc7nc56)c4)cc32)c1. The number of para-hydroxylation sites is 4. The number of aromatic nitrogens is 5. The van der Waals surface area contributed by atoms with Crippen molar-refractivity contribution in [3.8, 4) is 40.2 Å². The van der Waals surface area contributed by atoms with Crippen LogP contribution in [0.3, 0.4) is 0 Å². The normalized spacial score (nSPS) is 12.0. The minimum Gasteiger partial charge on any atom is -0.457 e. The van der Waals surface area contributed by atoms with Gasteiger partial charge in [-0.2, -0.15) is 5.26 Å². The van der Waals surface area contributed by atoms with Crippen molar-refractivity contribution in [1.29, 1.82) is 5.26 Å². The summed E-state index contributed by atoms with van der Waals surface area (Å²) >= 11 is 0. The van der Waals surface area contributed by atoms with Gasteiger partial charge in [-0.15, -0.1) is 0 Å². The number of pyridine rings is 1. The molecule has 0 spiro atoms. The van der Waals surface area contributed by atoms with Crippen LogP contribution in [0, 0.1) is 11.3 Å². The Balaban J connectivity index is 1.11. The van der Waals surface area contributed by atoms with Crippen LogP contribution in [0.5, 0.6) is 11.5 Å². The summed E-state index contributed by atoms with van der Waals surface area (Å²) in [5.74, 6) is 3.13. The maximum atomic E-state index is 9.56. The average Bonchev–Trinajstić information content (AvgIpc) is 3.84. The van der Waals surface area contributed by atoms with Crippen molar-refractivity contribution in [2.45, 2.75) is 26.2 Å². The van der Waals surface area contributed by atoms with Gasteiger partial charge in [-0.1, -0.05) is 69.3 Å². The molecule has 0 bridgehead atoms. The Morgan fingerprint density at radius 2 is 1.37 bits per heavy atom. The number of nitriles is 1. The monoisotopic (exact) mass is 698 g/mol. The zero-order chi connectivity index (χ0) is 36.6. The zero-order valence-corrected chi connectivity index (χ0v) is 30.0. The van der Waals surface area contributed by atoms with Gasteiger partial charge in [0.25, 0.3) is 0 Å². The predicted molar refractivity (Wildman–Crippen MR) is 217 cm³/mol. The Hall–Kier alpha value is -7.17. The summed E-state index contributed by atoms with van der Waals surface area (Å²) < 4.78 is 13.3. The molecule has 258 valence electrons. The van der Waals surface area contributed by atoms with E-state index in [4.69, 9.17) is 14.7 Å². The van der Waals surface area contributed by atoms with Crippen LogP contribution in [-0.2, 0) is 5.41 Å². The molecule has 0 aliphatic carbocycles. The number of imidazole rings is 2. The number of benzene rings is 6. The summed E-state index contributed by atoms with van der Waals surface area (Å²) in [6, 6.07) is 51.9. The van der Waals surface area contributed by atoms with E-state index < -0.39 is 0 Å². The molecule has 4 heterocycles. The first-order valence-corrected chi connectivity index (χ1v) is 18.0. The van der Waals surface area contributed by atoms with E-state index in [-0.39, 0.29) is 5.41 Å². The maximum absolute atomic E-state index is 9.56. The molecule has 0 fully saturated rings. The van der Waals surface area contributed by atoms with Gasteiger partial charge in [-0.05, 0) is 107 Å². The molecule has 0 saturated carbocycles. The third-order valence-electron chi connectivity index (χ3n) is 10.3. The maximum Gasteiger partial charge on any atom is 0.220 e. The van der Waals surface area contributed by atoms with Crippen LogP contribution < -0.4 is 4.74 Å². The quantitative estimate of drug-likeness (QED) is 0.179. The van der Waals surface area contributed by atoms with E-state index in [1.165, 1.54) is 5.56 Å². The predicted octanol–water partition coefficient (Wildman–Crippen LogP) is 11.6. The minimum absolute atomic E-state index is 0.0472. The van der Waals surface area contributed by atoms with Gasteiger partial charge in [0.15, 0.2) is 0 Å². The third kappa shape index (κ3) is 5.03. The van der Waals surface area contributed by atoms with E-state index in [0.29, 0.717) is 17.1 Å². The van der Waals surface area contributed by atoms with Crippen molar-refractivity contribution in [3.05, 3.63) is 163 Å². The molecule has 0 amide bonds. The van der Waals surface area contributed by atoms with E-state index in [1.807, 2.05) is 54.7 Å². The molecule has 0 aliphatic rings. The molecule has 10 aromatic rings. The first-order chi connectivity index (χ1) is 26.3. The van der Waals surface area contributed by atoms with Crippen LogP contribution in [0.1, 0.15) is 31.9 Å². The first-order valence-electron chi connectivity index (χ1n) is 18.0. The highest BCUT2D eigenvalue weighted by atomic mass is 16.5. The summed E-state index contributed by atoms with van der Waals surface area (Å²) in [5, 5.41) is 11.7. The Morgan fingerprint density at radius 3 is 2.22 bits per heavy atom. The van der Waals surface area contributed by atoms with Gasteiger partial charge >= 0.3 is 0 Å². The van der Waals surface area contributed by atoms with Crippen LogP contribution in [0.15, 0.2) is 152 Å². The van der Waals surface area contributed by atoms with Crippen molar-refractivity contribution in [3.63, 3.8) is 0 Å². The molecule has 7 nitrogen and oxygen atoms in total. The second-order valence-electron chi connectivity index (χ2n) is 14.8. The van der Waals surface area contributed by atoms with Crippen molar-refractivity contribution in [1.82, 2.24) is 23.5 Å². The van der Waals surface area contributed by atoms with Gasteiger partial charge in [0.1, 0.15) is 17.3 Å². The van der Waals surface area contributed by atoms with Crippen LogP contribution in [0.2, 0.25) is 0 Å². The fourth-order valence-corrected chi connectivity index (χ4v) is 7.69. The summed E-state index contributed by atoms with van der Waals surface area (Å²) in [6.07, 6.45) is 1.89. The fourth-order valence-electron chi connectivity index (χ4n) is 7.69. The summed E-state index contributed by atoms with van der Waals surface area (Å²) in [7, 11) is 0. The average molecular weight is 699 g/mol. The molecule has 54 heavy (non-hydrogen) atoms. The number of hydrogen-bond donors (Lipinski definition) is 0. The van der Waals surface area contributed by atoms with E-state index in [2.05, 4.69) is 137 Å². The Kier molecular flexibility index (Phi) is 6.98. The number of hydrogen-bond acceptors (Lipinski definition) is 4. The molecule has 0 atom stereocenters. The number of ether oxygens (including phenoxy) is 1. The number of rotatable bonds is 5. The highest BCUT2D eigenvalue weighted by molar-refractivity contribution is 6.10. The molecule has 4 aromatic heterocycles. The highest BCUT2D eigenvalue weighted by Crippen LogP contribution is 2.38. The first kappa shape index (κ1) is 31.6. The van der Waals surface area contributed by atoms with Crippen molar-refractivity contribution >= 4 is 49.7 Å². The van der Waals surface area contributed by atoms with Gasteiger partial charge in [-0.25, -0.2) is 9.97 Å². The van der Waals surface area contributed by atoms with E-state index in [1.54, 1.807) is 0 Å². The molecule has 0 aliphatic heterocycles. The lowest BCUT2D eigenvalue weighted by atomic mass is 9.88. The number of nitrogens with zero attached hydrogens (tertiary/aromatic N) is 6. The molecule has 0 unspecified atom stereocenters. The van der Waals surface area contributed by atoms with Gasteiger partial charge < -0.3 is 4.74 Å². The molecule has 10 rings (SSSR count). The van der Waals surface area contributed by atoms with E-state index >= 15 is 0 Å². The second kappa shape index (κ2) is 11.9. The van der Waals surface area contributed by atoms with Gasteiger partial charge in [0.2, 0.25) is 5.78 Å². The number of fused-ring (bicyclic) bond motifs is 8. The van der Waals surface area contributed by atoms with Crippen LogP contribution in [-0.4, -0.2) is 23.5 Å². The molecular weight excluding hydrogens is 665 g/mol. The molecule has 0 saturated heterocycles. The summed E-state index contributed by atoms with van der Waals surface area (Å²) in [4.78, 5) is 9.95. The Morgan fingerprint density at radius 1 is 0.593 bits per heavy atom. The highest BCUT2D eigenvalue weighted by Gasteiger charge is 2.20. The standard InChI is InChI=1S/C47H34N6O/c1-47(2,3)33-22-23-49-45(26-33)52-40-21-18-32(31-11-8-10-30(24-31)29-48)25-38(40)37-20-19-36(28-44(37)52)54-35-13-9-12-34(27-35)51-42-16-6-7-17-43(42)53-41-15-5-4-14-39(41)50-46(51)53/h4-28H,1-3H3. The van der Waals surface area contributed by atoms with Crippen LogP contribution in [0.4, 0.5) is 0 Å². The van der Waals surface area contributed by atoms with Crippen LogP contribution in [0.25, 0.3) is 72.3 Å². The van der Waals surface area contributed by atoms with E-state index in [9.17, 15) is 5.26 Å². The lowest BCUT2D eigenvalue weighted by Crippen LogP contribution is -2.12. The fraction of sp³-hybridized carbons (Fsp3) is 0.0851. The second-order valence-corrected chi connectivity index (χ2v) is 14.8. The lowest BCUT2D eigenvalue weighted by Gasteiger charge is -2.20. The molecule has 0 N–H and O–H groups in total. The molecular formula is C47H34N6O. The topological polar surface area (TPSA) is 73.1 Å². The van der Waals surface area contributed by atoms with Gasteiger partial charge in [0.05, 0.1) is 50.4 Å². The third-order valence-corrected chi connectivity index (χ3v) is 10.3. The largest absolute Gasteiger partial charge is 0.457 e. The molecule has 6 aromatic carbocycles. The smallest absolute Gasteiger partial charge is 0.220 e. The summed E-state index contributed by atoms with van der Waals surface area (Å²) in [5.41, 5.74) is 11.0. The zero-order valence-electron chi connectivity index (χ0n) is 30.0. The van der Waals surface area contributed by atoms with Crippen molar-refractivity contribution in [2.24, 2.45) is 0 Å². The molecule has 7 heteroatoms. The lowest BCUT2D eigenvalue weighted by molar-refractivity contribution is 0.483.